The Labute approximate surface area is 96.7 Å². The van der Waals surface area contributed by atoms with Gasteiger partial charge in [0.15, 0.2) is 11.5 Å². The van der Waals surface area contributed by atoms with Gasteiger partial charge in [0.05, 0.1) is 7.11 Å². The average molecular weight is 224 g/mol. The largest absolute Gasteiger partial charge is 0.504 e. The number of phenolic OH excluding ortho intramolecular Hbond substituents is 2. The summed E-state index contributed by atoms with van der Waals surface area (Å²) in [5.41, 5.74) is 1.36. The summed E-state index contributed by atoms with van der Waals surface area (Å²) in [6.45, 7) is 7.82. The molecule has 1 aromatic rings. The van der Waals surface area contributed by atoms with E-state index in [2.05, 4.69) is 0 Å². The second-order valence-corrected chi connectivity index (χ2v) is 4.59. The van der Waals surface area contributed by atoms with Gasteiger partial charge in [-0.25, -0.2) is 0 Å². The van der Waals surface area contributed by atoms with Crippen LogP contribution >= 0.6 is 0 Å². The van der Waals surface area contributed by atoms with E-state index >= 15 is 0 Å². The molecule has 1 aromatic carbocycles. The molecule has 0 bridgehead atoms. The van der Waals surface area contributed by atoms with Gasteiger partial charge < -0.3 is 14.9 Å². The van der Waals surface area contributed by atoms with Crippen molar-refractivity contribution >= 4 is 0 Å². The first kappa shape index (κ1) is 12.7. The molecular weight excluding hydrogens is 204 g/mol. The molecule has 0 fully saturated rings. The monoisotopic (exact) mass is 224 g/mol. The quantitative estimate of drug-likeness (QED) is 0.774. The molecule has 1 rings (SSSR count). The molecule has 3 nitrogen and oxygen atoms in total. The average Bonchev–Trinajstić information content (AvgIpc) is 2.20. The van der Waals surface area contributed by atoms with Crippen LogP contribution in [0.4, 0.5) is 0 Å². The van der Waals surface area contributed by atoms with Gasteiger partial charge >= 0.3 is 0 Å². The number of hydrogen-bond acceptors (Lipinski definition) is 3. The van der Waals surface area contributed by atoms with Gasteiger partial charge in [0.1, 0.15) is 5.75 Å². The van der Waals surface area contributed by atoms with Crippen LogP contribution < -0.4 is 4.74 Å². The molecule has 0 radical (unpaired) electrons. The van der Waals surface area contributed by atoms with Crippen molar-refractivity contribution in [3.8, 4) is 17.2 Å². The van der Waals surface area contributed by atoms with Gasteiger partial charge in [0.2, 0.25) is 0 Å². The highest BCUT2D eigenvalue weighted by Gasteiger charge is 2.21. The van der Waals surface area contributed by atoms with Crippen molar-refractivity contribution in [2.24, 2.45) is 0 Å². The Morgan fingerprint density at radius 1 is 1.00 bits per heavy atom. The zero-order chi connectivity index (χ0) is 12.5. The van der Waals surface area contributed by atoms with Crippen molar-refractivity contribution in [1.29, 1.82) is 0 Å². The summed E-state index contributed by atoms with van der Waals surface area (Å²) in [4.78, 5) is 0. The lowest BCUT2D eigenvalue weighted by atomic mass is 9.94. The minimum absolute atomic E-state index is 0.0282. The van der Waals surface area contributed by atoms with E-state index in [4.69, 9.17) is 4.74 Å². The van der Waals surface area contributed by atoms with Gasteiger partial charge in [-0.2, -0.15) is 0 Å². The highest BCUT2D eigenvalue weighted by molar-refractivity contribution is 5.58. The number of phenols is 2. The minimum atomic E-state index is -0.0574. The number of methoxy groups -OCH3 is 1. The van der Waals surface area contributed by atoms with Crippen LogP contribution in [0.2, 0.25) is 0 Å². The summed E-state index contributed by atoms with van der Waals surface area (Å²) in [6.07, 6.45) is 0. The van der Waals surface area contributed by atoms with Crippen molar-refractivity contribution in [2.75, 3.05) is 7.11 Å². The van der Waals surface area contributed by atoms with Gasteiger partial charge in [-0.3, -0.25) is 0 Å². The molecule has 0 heterocycles. The maximum absolute atomic E-state index is 9.98. The molecular formula is C13H20O3. The van der Waals surface area contributed by atoms with Crippen LogP contribution in [0.5, 0.6) is 17.2 Å². The standard InChI is InChI=1S/C13H20O3/c1-7(2)9-6-10(16-5)11(8(3)4)13(15)12(9)14/h6-8,14-15H,1-5H3. The second kappa shape index (κ2) is 4.64. The van der Waals surface area contributed by atoms with E-state index in [0.717, 1.165) is 0 Å². The SMILES string of the molecule is COc1cc(C(C)C)c(O)c(O)c1C(C)C. The minimum Gasteiger partial charge on any atom is -0.504 e. The molecule has 16 heavy (non-hydrogen) atoms. The highest BCUT2D eigenvalue weighted by Crippen LogP contribution is 2.45. The molecule has 0 aliphatic carbocycles. The molecule has 0 amide bonds. The van der Waals surface area contributed by atoms with E-state index in [-0.39, 0.29) is 23.3 Å². The Kier molecular flexibility index (Phi) is 3.68. The maximum Gasteiger partial charge on any atom is 0.164 e. The maximum atomic E-state index is 9.98. The Morgan fingerprint density at radius 3 is 1.94 bits per heavy atom. The molecule has 0 aliphatic heterocycles. The molecule has 0 saturated heterocycles. The van der Waals surface area contributed by atoms with Gasteiger partial charge in [0, 0.05) is 11.1 Å². The fraction of sp³-hybridized carbons (Fsp3) is 0.538. The van der Waals surface area contributed by atoms with E-state index in [1.54, 1.807) is 13.2 Å². The van der Waals surface area contributed by atoms with E-state index in [1.165, 1.54) is 0 Å². The molecule has 0 aromatic heterocycles. The lowest BCUT2D eigenvalue weighted by Crippen LogP contribution is -1.99. The fourth-order valence-corrected chi connectivity index (χ4v) is 1.84. The summed E-state index contributed by atoms with van der Waals surface area (Å²) >= 11 is 0. The highest BCUT2D eigenvalue weighted by atomic mass is 16.5. The molecule has 0 unspecified atom stereocenters. The zero-order valence-corrected chi connectivity index (χ0v) is 10.5. The summed E-state index contributed by atoms with van der Waals surface area (Å²) in [5.74, 6) is 0.787. The Morgan fingerprint density at radius 2 is 1.56 bits per heavy atom. The van der Waals surface area contributed by atoms with Gasteiger partial charge in [-0.15, -0.1) is 0 Å². The zero-order valence-electron chi connectivity index (χ0n) is 10.5. The normalized spacial score (nSPS) is 11.2. The van der Waals surface area contributed by atoms with Gasteiger partial charge in [-0.1, -0.05) is 27.7 Å². The van der Waals surface area contributed by atoms with Crippen LogP contribution in [0.3, 0.4) is 0 Å². The summed E-state index contributed by atoms with van der Waals surface area (Å²) in [7, 11) is 1.57. The third-order valence-electron chi connectivity index (χ3n) is 2.72. The van der Waals surface area contributed by atoms with Gasteiger partial charge in [0.25, 0.3) is 0 Å². The predicted octanol–water partition coefficient (Wildman–Crippen LogP) is 3.35. The lowest BCUT2D eigenvalue weighted by molar-refractivity contribution is 0.370. The number of ether oxygens (including phenoxy) is 1. The molecule has 0 atom stereocenters. The summed E-state index contributed by atoms with van der Waals surface area (Å²) in [5, 5.41) is 19.9. The number of aromatic hydroxyl groups is 2. The molecule has 0 spiro atoms. The van der Waals surface area contributed by atoms with Crippen molar-refractivity contribution in [3.05, 3.63) is 17.2 Å². The van der Waals surface area contributed by atoms with E-state index in [0.29, 0.717) is 16.9 Å². The fourth-order valence-electron chi connectivity index (χ4n) is 1.84. The Balaban J connectivity index is 3.49. The lowest BCUT2D eigenvalue weighted by Gasteiger charge is -2.18. The van der Waals surface area contributed by atoms with Crippen LogP contribution in [0.25, 0.3) is 0 Å². The summed E-state index contributed by atoms with van der Waals surface area (Å²) < 4.78 is 5.26. The number of hydrogen-bond donors (Lipinski definition) is 2. The van der Waals surface area contributed by atoms with Crippen molar-refractivity contribution in [1.82, 2.24) is 0 Å². The Bertz CT molecular complexity index is 381. The van der Waals surface area contributed by atoms with Crippen LogP contribution in [0.15, 0.2) is 6.07 Å². The van der Waals surface area contributed by atoms with Crippen LogP contribution in [-0.2, 0) is 0 Å². The summed E-state index contributed by atoms with van der Waals surface area (Å²) in [6, 6.07) is 1.80. The van der Waals surface area contributed by atoms with E-state index in [9.17, 15) is 10.2 Å². The first-order valence-electron chi connectivity index (χ1n) is 5.52. The Hall–Kier alpha value is -1.38. The second-order valence-electron chi connectivity index (χ2n) is 4.59. The number of rotatable bonds is 3. The molecule has 0 aliphatic rings. The molecule has 2 N–H and O–H groups in total. The first-order chi connectivity index (χ1) is 7.40. The van der Waals surface area contributed by atoms with Crippen LogP contribution in [-0.4, -0.2) is 17.3 Å². The molecule has 3 heteroatoms. The first-order valence-corrected chi connectivity index (χ1v) is 5.52. The van der Waals surface area contributed by atoms with Crippen LogP contribution in [0, 0.1) is 0 Å². The van der Waals surface area contributed by atoms with Crippen molar-refractivity contribution in [2.45, 2.75) is 39.5 Å². The van der Waals surface area contributed by atoms with Crippen LogP contribution in [0.1, 0.15) is 50.7 Å². The van der Waals surface area contributed by atoms with Crippen molar-refractivity contribution < 1.29 is 14.9 Å². The molecule has 90 valence electrons. The smallest absolute Gasteiger partial charge is 0.164 e. The van der Waals surface area contributed by atoms with E-state index in [1.807, 2.05) is 27.7 Å². The number of benzene rings is 1. The molecule has 0 saturated carbocycles. The third kappa shape index (κ3) is 2.08. The topological polar surface area (TPSA) is 49.7 Å². The van der Waals surface area contributed by atoms with Crippen molar-refractivity contribution in [3.63, 3.8) is 0 Å². The predicted molar refractivity (Wildman–Crippen MR) is 64.5 cm³/mol. The van der Waals surface area contributed by atoms with E-state index < -0.39 is 0 Å². The third-order valence-corrected chi connectivity index (χ3v) is 2.72. The van der Waals surface area contributed by atoms with Gasteiger partial charge in [-0.05, 0) is 17.9 Å².